The van der Waals surface area contributed by atoms with Gasteiger partial charge >= 0.3 is 0 Å². The van der Waals surface area contributed by atoms with Gasteiger partial charge in [-0.05, 0) is 6.42 Å². The summed E-state index contributed by atoms with van der Waals surface area (Å²) < 4.78 is 7.03. The van der Waals surface area contributed by atoms with Crippen molar-refractivity contribution in [1.29, 1.82) is 0 Å². The molecule has 17 heavy (non-hydrogen) atoms. The number of hydrogen-bond donors (Lipinski definition) is 1. The highest BCUT2D eigenvalue weighted by Crippen LogP contribution is 2.14. The normalized spacial score (nSPS) is 12.9. The van der Waals surface area contributed by atoms with Crippen LogP contribution in [0, 0.1) is 0 Å². The van der Waals surface area contributed by atoms with Crippen molar-refractivity contribution < 1.29 is 4.52 Å². The summed E-state index contributed by atoms with van der Waals surface area (Å²) in [5, 5.41) is 3.93. The molecule has 1 unspecified atom stereocenters. The second-order valence-electron chi connectivity index (χ2n) is 4.15. The van der Waals surface area contributed by atoms with E-state index in [-0.39, 0.29) is 6.04 Å². The van der Waals surface area contributed by atoms with Crippen molar-refractivity contribution in [2.45, 2.75) is 32.2 Å². The van der Waals surface area contributed by atoms with E-state index in [1.165, 1.54) is 0 Å². The first-order valence-electron chi connectivity index (χ1n) is 5.75. The molecule has 0 saturated heterocycles. The number of imidazole rings is 1. The highest BCUT2D eigenvalue weighted by atomic mass is 16.5. The molecule has 6 nitrogen and oxygen atoms in total. The van der Waals surface area contributed by atoms with Crippen LogP contribution in [0.1, 0.15) is 25.7 Å². The van der Waals surface area contributed by atoms with Crippen LogP contribution in [0.15, 0.2) is 17.0 Å². The first-order valence-corrected chi connectivity index (χ1v) is 5.75. The van der Waals surface area contributed by atoms with Crippen LogP contribution in [0.25, 0.3) is 11.5 Å². The first-order chi connectivity index (χ1) is 8.20. The summed E-state index contributed by atoms with van der Waals surface area (Å²) in [6, 6.07) is 0.0832. The molecule has 2 heterocycles. The Morgan fingerprint density at radius 1 is 1.53 bits per heavy atom. The lowest BCUT2D eigenvalue weighted by Gasteiger charge is -2.05. The molecule has 0 aliphatic rings. The summed E-state index contributed by atoms with van der Waals surface area (Å²) in [6.07, 6.45) is 6.06. The maximum Gasteiger partial charge on any atom is 0.228 e. The minimum Gasteiger partial charge on any atom is -0.339 e. The molecule has 1 atom stereocenters. The van der Waals surface area contributed by atoms with Crippen molar-refractivity contribution in [2.24, 2.45) is 12.8 Å². The van der Waals surface area contributed by atoms with Crippen LogP contribution in [0.5, 0.6) is 0 Å². The number of hydrogen-bond acceptors (Lipinski definition) is 5. The third-order valence-corrected chi connectivity index (χ3v) is 2.61. The van der Waals surface area contributed by atoms with E-state index < -0.39 is 0 Å². The van der Waals surface area contributed by atoms with Gasteiger partial charge in [-0.2, -0.15) is 4.98 Å². The van der Waals surface area contributed by atoms with Gasteiger partial charge in [0, 0.05) is 19.5 Å². The second-order valence-corrected chi connectivity index (χ2v) is 4.15. The largest absolute Gasteiger partial charge is 0.339 e. The van der Waals surface area contributed by atoms with Gasteiger partial charge < -0.3 is 14.8 Å². The van der Waals surface area contributed by atoms with E-state index >= 15 is 0 Å². The van der Waals surface area contributed by atoms with Gasteiger partial charge in [-0.3, -0.25) is 0 Å². The Morgan fingerprint density at radius 2 is 2.35 bits per heavy atom. The zero-order chi connectivity index (χ0) is 12.3. The van der Waals surface area contributed by atoms with Gasteiger partial charge in [0.25, 0.3) is 0 Å². The van der Waals surface area contributed by atoms with E-state index in [1.54, 1.807) is 12.5 Å². The Kier molecular flexibility index (Phi) is 3.53. The van der Waals surface area contributed by atoms with Gasteiger partial charge in [0.15, 0.2) is 0 Å². The summed E-state index contributed by atoms with van der Waals surface area (Å²) in [4.78, 5) is 8.33. The Balaban J connectivity index is 2.09. The van der Waals surface area contributed by atoms with Crippen LogP contribution >= 0.6 is 0 Å². The SMILES string of the molecule is CCCC(N)Cc1nc(-c2cncn2C)no1. The predicted molar refractivity (Wildman–Crippen MR) is 63.1 cm³/mol. The van der Waals surface area contributed by atoms with Crippen molar-refractivity contribution in [3.63, 3.8) is 0 Å². The number of aryl methyl sites for hydroxylation is 1. The van der Waals surface area contributed by atoms with E-state index in [2.05, 4.69) is 22.0 Å². The Bertz CT molecular complexity index is 476. The molecule has 2 N–H and O–H groups in total. The zero-order valence-corrected chi connectivity index (χ0v) is 10.1. The van der Waals surface area contributed by atoms with Crippen molar-refractivity contribution in [3.8, 4) is 11.5 Å². The molecule has 2 aromatic heterocycles. The fraction of sp³-hybridized carbons (Fsp3) is 0.545. The zero-order valence-electron chi connectivity index (χ0n) is 10.1. The molecule has 0 amide bonds. The van der Waals surface area contributed by atoms with Crippen LogP contribution in [0.4, 0.5) is 0 Å². The third kappa shape index (κ3) is 2.71. The second kappa shape index (κ2) is 5.09. The maximum absolute atomic E-state index is 5.93. The molecule has 0 aliphatic heterocycles. The lowest BCUT2D eigenvalue weighted by Crippen LogP contribution is -2.22. The smallest absolute Gasteiger partial charge is 0.228 e. The van der Waals surface area contributed by atoms with Crippen LogP contribution < -0.4 is 5.73 Å². The summed E-state index contributed by atoms with van der Waals surface area (Å²) in [6.45, 7) is 2.11. The molecular formula is C11H17N5O. The highest BCUT2D eigenvalue weighted by Gasteiger charge is 2.13. The third-order valence-electron chi connectivity index (χ3n) is 2.61. The summed E-state index contributed by atoms with van der Waals surface area (Å²) in [5.74, 6) is 1.14. The fourth-order valence-electron chi connectivity index (χ4n) is 1.71. The maximum atomic E-state index is 5.93. The average molecular weight is 235 g/mol. The molecule has 0 saturated carbocycles. The number of nitrogens with zero attached hydrogens (tertiary/aromatic N) is 4. The first kappa shape index (κ1) is 11.8. The van der Waals surface area contributed by atoms with Crippen LogP contribution in [0.3, 0.4) is 0 Å². The molecule has 0 spiro atoms. The van der Waals surface area contributed by atoms with Crippen LogP contribution in [-0.4, -0.2) is 25.7 Å². The van der Waals surface area contributed by atoms with Crippen LogP contribution in [0.2, 0.25) is 0 Å². The number of rotatable bonds is 5. The molecule has 0 aliphatic carbocycles. The monoisotopic (exact) mass is 235 g/mol. The summed E-state index contributed by atoms with van der Waals surface area (Å²) in [5.41, 5.74) is 6.77. The van der Waals surface area contributed by atoms with E-state index in [4.69, 9.17) is 10.3 Å². The molecule has 0 fully saturated rings. The summed E-state index contributed by atoms with van der Waals surface area (Å²) in [7, 11) is 1.89. The molecule has 0 bridgehead atoms. The standard InChI is InChI=1S/C11H17N5O/c1-3-4-8(12)5-10-14-11(15-17-10)9-6-13-7-16(9)2/h6-8H,3-5,12H2,1-2H3. The van der Waals surface area contributed by atoms with Crippen molar-refractivity contribution in [1.82, 2.24) is 19.7 Å². The van der Waals surface area contributed by atoms with Gasteiger partial charge in [0.05, 0.1) is 12.5 Å². The molecule has 92 valence electrons. The van der Waals surface area contributed by atoms with E-state index in [1.807, 2.05) is 11.6 Å². The molecule has 0 aromatic carbocycles. The Morgan fingerprint density at radius 3 is 3.00 bits per heavy atom. The van der Waals surface area contributed by atoms with Crippen molar-refractivity contribution in [2.75, 3.05) is 0 Å². The van der Waals surface area contributed by atoms with E-state index in [0.29, 0.717) is 18.1 Å². The van der Waals surface area contributed by atoms with Gasteiger partial charge in [-0.1, -0.05) is 18.5 Å². The highest BCUT2D eigenvalue weighted by molar-refractivity contribution is 5.46. The summed E-state index contributed by atoms with van der Waals surface area (Å²) >= 11 is 0. The van der Waals surface area contributed by atoms with Crippen molar-refractivity contribution in [3.05, 3.63) is 18.4 Å². The quantitative estimate of drug-likeness (QED) is 0.840. The van der Waals surface area contributed by atoms with E-state index in [9.17, 15) is 0 Å². The predicted octanol–water partition coefficient (Wildman–Crippen LogP) is 1.14. The van der Waals surface area contributed by atoms with E-state index in [0.717, 1.165) is 18.5 Å². The minimum atomic E-state index is 0.0832. The lowest BCUT2D eigenvalue weighted by atomic mass is 10.1. The molecular weight excluding hydrogens is 218 g/mol. The minimum absolute atomic E-state index is 0.0832. The topological polar surface area (TPSA) is 82.8 Å². The lowest BCUT2D eigenvalue weighted by molar-refractivity contribution is 0.366. The molecule has 6 heteroatoms. The molecule has 0 radical (unpaired) electrons. The Hall–Kier alpha value is -1.69. The number of nitrogens with two attached hydrogens (primary N) is 1. The van der Waals surface area contributed by atoms with Gasteiger partial charge in [0.2, 0.25) is 11.7 Å². The van der Waals surface area contributed by atoms with Gasteiger partial charge in [0.1, 0.15) is 5.69 Å². The number of aromatic nitrogens is 4. The van der Waals surface area contributed by atoms with Gasteiger partial charge in [-0.25, -0.2) is 4.98 Å². The Labute approximate surface area is 99.8 Å². The van der Waals surface area contributed by atoms with Crippen LogP contribution in [-0.2, 0) is 13.5 Å². The molecule has 2 aromatic rings. The van der Waals surface area contributed by atoms with Gasteiger partial charge in [-0.15, -0.1) is 0 Å². The fourth-order valence-corrected chi connectivity index (χ4v) is 1.71. The average Bonchev–Trinajstić information content (AvgIpc) is 2.87. The van der Waals surface area contributed by atoms with Crippen molar-refractivity contribution >= 4 is 0 Å². The molecule has 2 rings (SSSR count).